The van der Waals surface area contributed by atoms with Crippen LogP contribution in [-0.4, -0.2) is 34.0 Å². The number of aromatic nitrogens is 2. The van der Waals surface area contributed by atoms with Crippen LogP contribution in [0.1, 0.15) is 62.6 Å². The fourth-order valence-corrected chi connectivity index (χ4v) is 3.01. The van der Waals surface area contributed by atoms with Crippen LogP contribution in [0.15, 0.2) is 4.52 Å². The quantitative estimate of drug-likeness (QED) is 0.805. The fraction of sp³-hybridized carbons (Fsp3) is 0.769. The minimum absolute atomic E-state index is 0.132. The summed E-state index contributed by atoms with van der Waals surface area (Å²) in [6.45, 7) is 3.14. The molecule has 1 atom stereocenters. The van der Waals surface area contributed by atoms with E-state index in [-0.39, 0.29) is 11.8 Å². The van der Waals surface area contributed by atoms with Gasteiger partial charge in [0.2, 0.25) is 11.8 Å². The molecule has 0 spiro atoms. The van der Waals surface area contributed by atoms with Crippen LogP contribution in [0, 0.1) is 0 Å². The summed E-state index contributed by atoms with van der Waals surface area (Å²) in [5.41, 5.74) is 0. The van der Waals surface area contributed by atoms with Crippen molar-refractivity contribution >= 4 is 5.91 Å². The molecule has 1 aromatic rings. The summed E-state index contributed by atoms with van der Waals surface area (Å²) in [7, 11) is 0. The van der Waals surface area contributed by atoms with Gasteiger partial charge in [-0.1, -0.05) is 18.0 Å². The van der Waals surface area contributed by atoms with E-state index in [0.717, 1.165) is 31.2 Å². The van der Waals surface area contributed by atoms with Crippen molar-refractivity contribution in [3.8, 4) is 0 Å². The van der Waals surface area contributed by atoms with Crippen LogP contribution in [0.5, 0.6) is 0 Å². The van der Waals surface area contributed by atoms with E-state index in [0.29, 0.717) is 5.92 Å². The van der Waals surface area contributed by atoms with Crippen LogP contribution in [0.25, 0.3) is 0 Å². The molecule has 2 aliphatic rings. The SMILES string of the molecule is CC(=O)N1CC[C@@H](c2nc(C3CCCC3)no2)C1. The van der Waals surface area contributed by atoms with Gasteiger partial charge in [0.15, 0.2) is 5.82 Å². The van der Waals surface area contributed by atoms with Crippen LogP contribution < -0.4 is 0 Å². The number of hydrogen-bond acceptors (Lipinski definition) is 4. The third-order valence-corrected chi connectivity index (χ3v) is 4.16. The highest BCUT2D eigenvalue weighted by Gasteiger charge is 2.31. The number of amides is 1. The standard InChI is InChI=1S/C13H19N3O2/c1-9(17)16-7-6-11(8-16)13-14-12(15-18-13)10-4-2-3-5-10/h10-11H,2-8H2,1H3/t11-/m1/s1. The summed E-state index contributed by atoms with van der Waals surface area (Å²) in [5.74, 6) is 2.46. The third-order valence-electron chi connectivity index (χ3n) is 4.16. The number of nitrogens with zero attached hydrogens (tertiary/aromatic N) is 3. The first-order valence-corrected chi connectivity index (χ1v) is 6.83. The van der Waals surface area contributed by atoms with Gasteiger partial charge in [0.1, 0.15) is 0 Å². The number of rotatable bonds is 2. The van der Waals surface area contributed by atoms with Gasteiger partial charge in [-0.15, -0.1) is 0 Å². The predicted octanol–water partition coefficient (Wildman–Crippen LogP) is 2.06. The van der Waals surface area contributed by atoms with E-state index in [1.807, 2.05) is 4.90 Å². The lowest BCUT2D eigenvalue weighted by molar-refractivity contribution is -0.127. The lowest BCUT2D eigenvalue weighted by atomic mass is 10.1. The molecule has 1 aromatic heterocycles. The molecule has 1 amide bonds. The molecule has 0 unspecified atom stereocenters. The summed E-state index contributed by atoms with van der Waals surface area (Å²) in [6, 6.07) is 0. The lowest BCUT2D eigenvalue weighted by Gasteiger charge is -2.11. The summed E-state index contributed by atoms with van der Waals surface area (Å²) in [6.07, 6.45) is 5.85. The van der Waals surface area contributed by atoms with Gasteiger partial charge in [0, 0.05) is 25.9 Å². The van der Waals surface area contributed by atoms with Crippen LogP contribution in [0.2, 0.25) is 0 Å². The van der Waals surface area contributed by atoms with Crippen molar-refractivity contribution in [2.24, 2.45) is 0 Å². The number of carbonyl (C=O) groups is 1. The molecule has 2 heterocycles. The number of hydrogen-bond donors (Lipinski definition) is 0. The molecule has 5 heteroatoms. The smallest absolute Gasteiger partial charge is 0.231 e. The van der Waals surface area contributed by atoms with Crippen molar-refractivity contribution in [2.75, 3.05) is 13.1 Å². The minimum atomic E-state index is 0.132. The molecule has 1 saturated carbocycles. The number of likely N-dealkylation sites (tertiary alicyclic amines) is 1. The van der Waals surface area contributed by atoms with Crippen molar-refractivity contribution in [2.45, 2.75) is 50.9 Å². The predicted molar refractivity (Wildman–Crippen MR) is 65.1 cm³/mol. The van der Waals surface area contributed by atoms with Gasteiger partial charge in [-0.25, -0.2) is 0 Å². The van der Waals surface area contributed by atoms with Crippen molar-refractivity contribution in [1.82, 2.24) is 15.0 Å². The molecule has 1 aliphatic heterocycles. The van der Waals surface area contributed by atoms with Gasteiger partial charge in [-0.2, -0.15) is 4.98 Å². The Balaban J connectivity index is 1.68. The second-order valence-electron chi connectivity index (χ2n) is 5.42. The molecule has 1 saturated heterocycles. The summed E-state index contributed by atoms with van der Waals surface area (Å²) < 4.78 is 5.39. The topological polar surface area (TPSA) is 59.2 Å². The van der Waals surface area contributed by atoms with Crippen LogP contribution in [-0.2, 0) is 4.79 Å². The van der Waals surface area contributed by atoms with E-state index in [4.69, 9.17) is 4.52 Å². The average Bonchev–Trinajstić information content (AvgIpc) is 3.10. The van der Waals surface area contributed by atoms with E-state index >= 15 is 0 Å². The molecule has 1 aliphatic carbocycles. The third kappa shape index (κ3) is 2.13. The second-order valence-corrected chi connectivity index (χ2v) is 5.42. The Hall–Kier alpha value is -1.39. The zero-order chi connectivity index (χ0) is 12.5. The molecule has 0 bridgehead atoms. The molecule has 5 nitrogen and oxygen atoms in total. The minimum Gasteiger partial charge on any atom is -0.342 e. The van der Waals surface area contributed by atoms with E-state index in [9.17, 15) is 4.79 Å². The Labute approximate surface area is 107 Å². The van der Waals surface area contributed by atoms with Gasteiger partial charge in [-0.05, 0) is 19.3 Å². The van der Waals surface area contributed by atoms with E-state index in [2.05, 4.69) is 10.1 Å². The Morgan fingerprint density at radius 3 is 2.72 bits per heavy atom. The van der Waals surface area contributed by atoms with Crippen molar-refractivity contribution in [1.29, 1.82) is 0 Å². The van der Waals surface area contributed by atoms with Crippen LogP contribution >= 0.6 is 0 Å². The molecule has 0 N–H and O–H groups in total. The van der Waals surface area contributed by atoms with Gasteiger partial charge in [-0.3, -0.25) is 4.79 Å². The normalized spacial score (nSPS) is 24.9. The lowest BCUT2D eigenvalue weighted by Crippen LogP contribution is -2.25. The maximum absolute atomic E-state index is 11.3. The molecule has 3 rings (SSSR count). The van der Waals surface area contributed by atoms with E-state index in [1.54, 1.807) is 6.92 Å². The first kappa shape index (κ1) is 11.7. The first-order chi connectivity index (χ1) is 8.74. The van der Waals surface area contributed by atoms with Crippen LogP contribution in [0.4, 0.5) is 0 Å². The molecule has 18 heavy (non-hydrogen) atoms. The van der Waals surface area contributed by atoms with Gasteiger partial charge in [0.25, 0.3) is 0 Å². The molecular formula is C13H19N3O2. The van der Waals surface area contributed by atoms with Crippen molar-refractivity contribution in [3.63, 3.8) is 0 Å². The maximum atomic E-state index is 11.3. The average molecular weight is 249 g/mol. The monoisotopic (exact) mass is 249 g/mol. The summed E-state index contributed by atoms with van der Waals surface area (Å²) in [4.78, 5) is 17.7. The maximum Gasteiger partial charge on any atom is 0.231 e. The highest BCUT2D eigenvalue weighted by Crippen LogP contribution is 2.34. The Morgan fingerprint density at radius 1 is 1.28 bits per heavy atom. The highest BCUT2D eigenvalue weighted by atomic mass is 16.5. The molecule has 0 aromatic carbocycles. The Bertz CT molecular complexity index is 437. The van der Waals surface area contributed by atoms with Crippen molar-refractivity contribution in [3.05, 3.63) is 11.7 Å². The zero-order valence-electron chi connectivity index (χ0n) is 10.8. The Morgan fingerprint density at radius 2 is 2.06 bits per heavy atom. The van der Waals surface area contributed by atoms with Gasteiger partial charge >= 0.3 is 0 Å². The number of carbonyl (C=O) groups excluding carboxylic acids is 1. The zero-order valence-corrected chi connectivity index (χ0v) is 10.8. The first-order valence-electron chi connectivity index (χ1n) is 6.83. The largest absolute Gasteiger partial charge is 0.342 e. The van der Waals surface area contributed by atoms with Gasteiger partial charge in [0.05, 0.1) is 5.92 Å². The van der Waals surface area contributed by atoms with E-state index < -0.39 is 0 Å². The highest BCUT2D eigenvalue weighted by molar-refractivity contribution is 5.73. The Kier molecular flexibility index (Phi) is 3.06. The molecule has 2 fully saturated rings. The summed E-state index contributed by atoms with van der Waals surface area (Å²) >= 11 is 0. The molecule has 98 valence electrons. The van der Waals surface area contributed by atoms with E-state index in [1.165, 1.54) is 25.7 Å². The second kappa shape index (κ2) is 4.71. The van der Waals surface area contributed by atoms with Crippen LogP contribution in [0.3, 0.4) is 0 Å². The fourth-order valence-electron chi connectivity index (χ4n) is 3.01. The molecule has 0 radical (unpaired) electrons. The van der Waals surface area contributed by atoms with Gasteiger partial charge < -0.3 is 9.42 Å². The molecular weight excluding hydrogens is 230 g/mol. The van der Waals surface area contributed by atoms with Crippen molar-refractivity contribution < 1.29 is 9.32 Å². The summed E-state index contributed by atoms with van der Waals surface area (Å²) in [5, 5.41) is 4.12.